The summed E-state index contributed by atoms with van der Waals surface area (Å²) in [5.41, 5.74) is 0. The molecule has 0 aromatic rings. The second kappa shape index (κ2) is 16.5. The van der Waals surface area contributed by atoms with Gasteiger partial charge in [0, 0.05) is 6.42 Å². The van der Waals surface area contributed by atoms with Crippen molar-refractivity contribution in [2.45, 2.75) is 58.0 Å². The van der Waals surface area contributed by atoms with Crippen molar-refractivity contribution >= 4 is 5.97 Å². The smallest absolute Gasteiger partial charge is 0.303 e. The van der Waals surface area contributed by atoms with Crippen LogP contribution < -0.4 is 0 Å². The quantitative estimate of drug-likeness (QED) is 0.286. The Morgan fingerprint density at radius 3 is 2.39 bits per heavy atom. The molecule has 0 aliphatic rings. The molecule has 0 saturated heterocycles. The summed E-state index contributed by atoms with van der Waals surface area (Å²) >= 11 is 0. The molecule has 0 aliphatic carbocycles. The number of carboxylic acid groups (broad SMARTS) is 1. The van der Waals surface area contributed by atoms with Gasteiger partial charge in [0.05, 0.1) is 6.10 Å². The van der Waals surface area contributed by atoms with Crippen LogP contribution in [0.4, 0.5) is 0 Å². The summed E-state index contributed by atoms with van der Waals surface area (Å²) in [6, 6.07) is 0. The third-order valence-corrected chi connectivity index (χ3v) is 3.00. The van der Waals surface area contributed by atoms with E-state index < -0.39 is 12.1 Å². The summed E-state index contributed by atoms with van der Waals surface area (Å²) in [5.74, 6) is -0.741. The minimum Gasteiger partial charge on any atom is -0.481 e. The number of aliphatic hydroxyl groups is 1. The predicted molar refractivity (Wildman–Crippen MR) is 97.3 cm³/mol. The molecule has 0 spiro atoms. The Kier molecular flexibility index (Phi) is 15.2. The monoisotopic (exact) mass is 318 g/mol. The van der Waals surface area contributed by atoms with Gasteiger partial charge in [-0.1, -0.05) is 67.7 Å². The van der Waals surface area contributed by atoms with Gasteiger partial charge in [0.1, 0.15) is 0 Å². The SMILES string of the molecule is CC/C=C\C/C=C\C[C@@H](O)/C=C/C=C/C/C=C\CCCC(=O)O. The zero-order valence-corrected chi connectivity index (χ0v) is 14.1. The predicted octanol–water partition coefficient (Wildman–Crippen LogP) is 4.96. The van der Waals surface area contributed by atoms with Crippen molar-refractivity contribution in [3.8, 4) is 0 Å². The molecular weight excluding hydrogens is 288 g/mol. The first kappa shape index (κ1) is 21.1. The molecule has 0 heterocycles. The first-order chi connectivity index (χ1) is 11.2. The van der Waals surface area contributed by atoms with Crippen LogP contribution in [-0.2, 0) is 4.79 Å². The Morgan fingerprint density at radius 2 is 1.65 bits per heavy atom. The van der Waals surface area contributed by atoms with Crippen LogP contribution in [0.25, 0.3) is 0 Å². The molecule has 2 N–H and O–H groups in total. The molecule has 3 nitrogen and oxygen atoms in total. The first-order valence-corrected chi connectivity index (χ1v) is 8.35. The number of rotatable bonds is 13. The number of hydrogen-bond acceptors (Lipinski definition) is 2. The van der Waals surface area contributed by atoms with E-state index in [0.29, 0.717) is 12.8 Å². The van der Waals surface area contributed by atoms with Crippen LogP contribution in [0.3, 0.4) is 0 Å². The standard InChI is InChI=1S/C20H30O3/c1-2-3-4-5-10-13-16-19(21)17-14-11-8-6-7-9-12-15-18-20(22)23/h3-4,7-11,13-14,17,19,21H,2,5-6,12,15-16,18H2,1H3,(H,22,23)/b4-3-,9-7-,11-8+,13-10-,17-14+/t19-/m1/s1. The molecule has 0 unspecified atom stereocenters. The fourth-order valence-electron chi connectivity index (χ4n) is 1.77. The zero-order valence-electron chi connectivity index (χ0n) is 14.1. The highest BCUT2D eigenvalue weighted by molar-refractivity contribution is 5.66. The van der Waals surface area contributed by atoms with Gasteiger partial charge in [-0.05, 0) is 38.5 Å². The van der Waals surface area contributed by atoms with Gasteiger partial charge in [0.15, 0.2) is 0 Å². The molecule has 23 heavy (non-hydrogen) atoms. The summed E-state index contributed by atoms with van der Waals surface area (Å²) in [5, 5.41) is 18.2. The number of hydrogen-bond donors (Lipinski definition) is 2. The molecule has 0 bridgehead atoms. The molecule has 0 aliphatic heterocycles. The van der Waals surface area contributed by atoms with E-state index in [4.69, 9.17) is 5.11 Å². The molecule has 0 amide bonds. The van der Waals surface area contributed by atoms with Gasteiger partial charge in [0.2, 0.25) is 0 Å². The van der Waals surface area contributed by atoms with Crippen LogP contribution in [-0.4, -0.2) is 22.3 Å². The van der Waals surface area contributed by atoms with E-state index >= 15 is 0 Å². The summed E-state index contributed by atoms with van der Waals surface area (Å²) in [6.07, 6.45) is 24.6. The maximum atomic E-state index is 10.3. The molecule has 0 radical (unpaired) electrons. The van der Waals surface area contributed by atoms with Gasteiger partial charge in [-0.25, -0.2) is 0 Å². The van der Waals surface area contributed by atoms with E-state index in [1.807, 2.05) is 36.5 Å². The number of carbonyl (C=O) groups is 1. The van der Waals surface area contributed by atoms with Crippen molar-refractivity contribution < 1.29 is 15.0 Å². The Bertz CT molecular complexity index is 428. The second-order valence-electron chi connectivity index (χ2n) is 5.20. The van der Waals surface area contributed by atoms with E-state index in [1.165, 1.54) is 0 Å². The summed E-state index contributed by atoms with van der Waals surface area (Å²) in [6.45, 7) is 2.11. The third kappa shape index (κ3) is 18.1. The number of aliphatic hydroxyl groups excluding tert-OH is 1. The van der Waals surface area contributed by atoms with Crippen LogP contribution >= 0.6 is 0 Å². The molecule has 0 rings (SSSR count). The lowest BCUT2D eigenvalue weighted by Gasteiger charge is -1.98. The van der Waals surface area contributed by atoms with Crippen molar-refractivity contribution in [2.75, 3.05) is 0 Å². The highest BCUT2D eigenvalue weighted by atomic mass is 16.4. The fraction of sp³-hybridized carbons (Fsp3) is 0.450. The molecule has 0 aromatic heterocycles. The topological polar surface area (TPSA) is 57.5 Å². The molecule has 128 valence electrons. The maximum Gasteiger partial charge on any atom is 0.303 e. The first-order valence-electron chi connectivity index (χ1n) is 8.35. The summed E-state index contributed by atoms with van der Waals surface area (Å²) < 4.78 is 0. The van der Waals surface area contributed by atoms with Crippen molar-refractivity contribution in [3.63, 3.8) is 0 Å². The van der Waals surface area contributed by atoms with Gasteiger partial charge in [-0.15, -0.1) is 0 Å². The minimum atomic E-state index is -0.741. The van der Waals surface area contributed by atoms with E-state index in [9.17, 15) is 9.90 Å². The summed E-state index contributed by atoms with van der Waals surface area (Å²) in [4.78, 5) is 10.3. The molecule has 3 heteroatoms. The normalized spacial score (nSPS) is 14.2. The van der Waals surface area contributed by atoms with E-state index in [1.54, 1.807) is 6.08 Å². The van der Waals surface area contributed by atoms with Gasteiger partial charge < -0.3 is 10.2 Å². The minimum absolute atomic E-state index is 0.226. The van der Waals surface area contributed by atoms with Gasteiger partial charge in [-0.3, -0.25) is 4.79 Å². The van der Waals surface area contributed by atoms with Crippen LogP contribution in [0.1, 0.15) is 51.9 Å². The number of aliphatic carboxylic acids is 1. The maximum absolute atomic E-state index is 10.3. The summed E-state index contributed by atoms with van der Waals surface area (Å²) in [7, 11) is 0. The van der Waals surface area contributed by atoms with E-state index in [0.717, 1.165) is 25.7 Å². The van der Waals surface area contributed by atoms with Crippen LogP contribution in [0.5, 0.6) is 0 Å². The average molecular weight is 318 g/mol. The molecule has 0 fully saturated rings. The number of unbranched alkanes of at least 4 members (excludes halogenated alkanes) is 1. The highest BCUT2D eigenvalue weighted by Gasteiger charge is 1.93. The molecule has 1 atom stereocenters. The lowest BCUT2D eigenvalue weighted by Crippen LogP contribution is -1.98. The second-order valence-corrected chi connectivity index (χ2v) is 5.20. The zero-order chi connectivity index (χ0) is 17.2. The number of allylic oxidation sites excluding steroid dienone is 8. The fourth-order valence-corrected chi connectivity index (χ4v) is 1.77. The van der Waals surface area contributed by atoms with Crippen molar-refractivity contribution in [1.29, 1.82) is 0 Å². The van der Waals surface area contributed by atoms with E-state index in [-0.39, 0.29) is 6.42 Å². The number of carboxylic acids is 1. The van der Waals surface area contributed by atoms with Gasteiger partial charge in [-0.2, -0.15) is 0 Å². The lowest BCUT2D eigenvalue weighted by molar-refractivity contribution is -0.137. The van der Waals surface area contributed by atoms with Gasteiger partial charge in [0.25, 0.3) is 0 Å². The van der Waals surface area contributed by atoms with Crippen LogP contribution in [0.2, 0.25) is 0 Å². The van der Waals surface area contributed by atoms with Crippen LogP contribution in [0.15, 0.2) is 60.8 Å². The Balaban J connectivity index is 3.68. The van der Waals surface area contributed by atoms with Crippen molar-refractivity contribution in [1.82, 2.24) is 0 Å². The van der Waals surface area contributed by atoms with Crippen molar-refractivity contribution in [2.24, 2.45) is 0 Å². The van der Waals surface area contributed by atoms with Crippen molar-refractivity contribution in [3.05, 3.63) is 60.8 Å². The largest absolute Gasteiger partial charge is 0.481 e. The van der Waals surface area contributed by atoms with Crippen LogP contribution in [0, 0.1) is 0 Å². The lowest BCUT2D eigenvalue weighted by atomic mass is 10.2. The highest BCUT2D eigenvalue weighted by Crippen LogP contribution is 2.00. The molecule has 0 aromatic carbocycles. The Morgan fingerprint density at radius 1 is 0.957 bits per heavy atom. The Labute approximate surface area is 140 Å². The molecule has 0 saturated carbocycles. The van der Waals surface area contributed by atoms with Gasteiger partial charge >= 0.3 is 5.97 Å². The van der Waals surface area contributed by atoms with E-state index in [2.05, 4.69) is 25.2 Å². The third-order valence-electron chi connectivity index (χ3n) is 3.00. The Hall–Kier alpha value is -1.87. The average Bonchev–Trinajstić information content (AvgIpc) is 2.52. The molecular formula is C20H30O3.